The highest BCUT2D eigenvalue weighted by atomic mass is 16.5. The van der Waals surface area contributed by atoms with Gasteiger partial charge in [0.1, 0.15) is 0 Å². The van der Waals surface area contributed by atoms with Crippen LogP contribution in [0.25, 0.3) is 0 Å². The molecule has 21 heavy (non-hydrogen) atoms. The van der Waals surface area contributed by atoms with Crippen LogP contribution in [0.3, 0.4) is 0 Å². The minimum atomic E-state index is -0.565. The van der Waals surface area contributed by atoms with E-state index in [4.69, 9.17) is 4.74 Å². The van der Waals surface area contributed by atoms with E-state index < -0.39 is 11.0 Å². The fourth-order valence-electron chi connectivity index (χ4n) is 5.06. The van der Waals surface area contributed by atoms with Crippen molar-refractivity contribution in [3.8, 4) is 0 Å². The summed E-state index contributed by atoms with van der Waals surface area (Å²) >= 11 is 0. The van der Waals surface area contributed by atoms with Crippen molar-refractivity contribution in [1.82, 2.24) is 0 Å². The van der Waals surface area contributed by atoms with Gasteiger partial charge in [-0.25, -0.2) is 0 Å². The van der Waals surface area contributed by atoms with Crippen molar-refractivity contribution in [1.29, 1.82) is 0 Å². The zero-order valence-corrected chi connectivity index (χ0v) is 13.7. The van der Waals surface area contributed by atoms with Crippen molar-refractivity contribution < 1.29 is 14.6 Å². The summed E-state index contributed by atoms with van der Waals surface area (Å²) in [5.41, 5.74) is -0.975. The molecule has 4 bridgehead atoms. The lowest BCUT2D eigenvalue weighted by Crippen LogP contribution is -2.58. The van der Waals surface area contributed by atoms with Gasteiger partial charge in [0, 0.05) is 6.42 Å². The molecule has 0 aromatic heterocycles. The van der Waals surface area contributed by atoms with Crippen LogP contribution in [0.2, 0.25) is 0 Å². The molecule has 0 unspecified atom stereocenters. The van der Waals surface area contributed by atoms with E-state index in [1.54, 1.807) is 0 Å². The molecule has 3 heteroatoms. The third-order valence-corrected chi connectivity index (χ3v) is 6.72. The number of hydrogen-bond donors (Lipinski definition) is 1. The van der Waals surface area contributed by atoms with Crippen molar-refractivity contribution >= 4 is 5.97 Å². The van der Waals surface area contributed by atoms with Crippen LogP contribution in [0.4, 0.5) is 0 Å². The first-order valence-electron chi connectivity index (χ1n) is 8.74. The highest BCUT2D eigenvalue weighted by Gasteiger charge is 2.56. The Morgan fingerprint density at radius 1 is 1.14 bits per heavy atom. The van der Waals surface area contributed by atoms with Crippen LogP contribution < -0.4 is 0 Å². The number of esters is 1. The number of carbonyl (C=O) groups is 1. The van der Waals surface area contributed by atoms with Gasteiger partial charge in [-0.05, 0) is 76.0 Å². The van der Waals surface area contributed by atoms with Gasteiger partial charge < -0.3 is 9.84 Å². The predicted octanol–water partition coefficient (Wildman–Crippen LogP) is 3.54. The summed E-state index contributed by atoms with van der Waals surface area (Å²) in [7, 11) is 0. The van der Waals surface area contributed by atoms with Crippen LogP contribution in [-0.2, 0) is 9.53 Å². The molecule has 4 aliphatic rings. The van der Waals surface area contributed by atoms with E-state index in [9.17, 15) is 9.90 Å². The van der Waals surface area contributed by atoms with Crippen molar-refractivity contribution in [2.24, 2.45) is 29.1 Å². The molecule has 0 aliphatic heterocycles. The smallest absolute Gasteiger partial charge is 0.311 e. The quantitative estimate of drug-likeness (QED) is 0.789. The zero-order valence-electron chi connectivity index (χ0n) is 13.7. The molecule has 0 amide bonds. The Morgan fingerprint density at radius 2 is 1.67 bits per heavy atom. The summed E-state index contributed by atoms with van der Waals surface area (Å²) in [6.45, 7) is 6.23. The summed E-state index contributed by atoms with van der Waals surface area (Å²) in [4.78, 5) is 12.0. The van der Waals surface area contributed by atoms with Crippen LogP contribution in [0.1, 0.15) is 65.7 Å². The van der Waals surface area contributed by atoms with Gasteiger partial charge in [0.15, 0.2) is 0 Å². The first kappa shape index (κ1) is 15.3. The molecular formula is C18H30O3. The lowest BCUT2D eigenvalue weighted by Gasteiger charge is -2.59. The average molecular weight is 294 g/mol. The van der Waals surface area contributed by atoms with E-state index in [0.29, 0.717) is 24.9 Å². The molecule has 0 aromatic rings. The molecule has 4 aliphatic carbocycles. The molecule has 3 nitrogen and oxygen atoms in total. The zero-order chi connectivity index (χ0) is 15.3. The molecule has 0 saturated heterocycles. The van der Waals surface area contributed by atoms with Gasteiger partial charge in [-0.1, -0.05) is 6.92 Å². The van der Waals surface area contributed by atoms with Gasteiger partial charge in [0.05, 0.1) is 17.6 Å². The lowest BCUT2D eigenvalue weighted by molar-refractivity contribution is -0.185. The summed E-state index contributed by atoms with van der Waals surface area (Å²) in [5, 5.41) is 11.2. The number of rotatable bonds is 5. The Morgan fingerprint density at radius 3 is 2.14 bits per heavy atom. The SMILES string of the molecule is CCC(C)(C)C(=O)OCCC1(O)C2CC3CC(C2)CC1C3. The first-order chi connectivity index (χ1) is 9.85. The average Bonchev–Trinajstić information content (AvgIpc) is 2.44. The molecule has 0 spiro atoms. The van der Waals surface area contributed by atoms with Crippen molar-refractivity contribution in [2.75, 3.05) is 6.61 Å². The van der Waals surface area contributed by atoms with Crippen LogP contribution in [0.15, 0.2) is 0 Å². The minimum Gasteiger partial charge on any atom is -0.465 e. The normalized spacial score (nSPS) is 41.3. The molecule has 120 valence electrons. The third-order valence-electron chi connectivity index (χ3n) is 6.72. The standard InChI is InChI=1S/C18H30O3/c1-4-17(2,3)16(19)21-6-5-18(20)14-8-12-7-13(10-14)11-15(18)9-12/h12-15,20H,4-11H2,1-3H3. The fraction of sp³-hybridized carbons (Fsp3) is 0.944. The summed E-state index contributed by atoms with van der Waals surface area (Å²) in [5.74, 6) is 2.49. The Hall–Kier alpha value is -0.570. The van der Waals surface area contributed by atoms with Gasteiger partial charge in [-0.2, -0.15) is 0 Å². The molecule has 0 radical (unpaired) electrons. The fourth-order valence-corrected chi connectivity index (χ4v) is 5.06. The van der Waals surface area contributed by atoms with E-state index in [0.717, 1.165) is 18.3 Å². The summed E-state index contributed by atoms with van der Waals surface area (Å²) < 4.78 is 5.47. The van der Waals surface area contributed by atoms with Crippen LogP contribution >= 0.6 is 0 Å². The van der Waals surface area contributed by atoms with Gasteiger partial charge in [0.25, 0.3) is 0 Å². The maximum atomic E-state index is 12.0. The van der Waals surface area contributed by atoms with Crippen LogP contribution in [0.5, 0.6) is 0 Å². The van der Waals surface area contributed by atoms with Gasteiger partial charge in [-0.15, -0.1) is 0 Å². The number of ether oxygens (including phenoxy) is 1. The van der Waals surface area contributed by atoms with E-state index in [1.807, 2.05) is 20.8 Å². The Labute approximate surface area is 128 Å². The summed E-state index contributed by atoms with van der Waals surface area (Å²) in [6, 6.07) is 0. The van der Waals surface area contributed by atoms with Gasteiger partial charge in [0.2, 0.25) is 0 Å². The molecule has 0 heterocycles. The van der Waals surface area contributed by atoms with Crippen molar-refractivity contribution in [3.63, 3.8) is 0 Å². The Bertz CT molecular complexity index is 385. The largest absolute Gasteiger partial charge is 0.465 e. The van der Waals surface area contributed by atoms with Crippen LogP contribution in [0, 0.1) is 29.1 Å². The number of hydrogen-bond acceptors (Lipinski definition) is 3. The monoisotopic (exact) mass is 294 g/mol. The Balaban J connectivity index is 1.57. The highest BCUT2D eigenvalue weighted by Crippen LogP contribution is 2.59. The predicted molar refractivity (Wildman–Crippen MR) is 81.6 cm³/mol. The number of aliphatic hydroxyl groups is 1. The second-order valence-electron chi connectivity index (χ2n) is 8.42. The molecular weight excluding hydrogens is 264 g/mol. The maximum absolute atomic E-state index is 12.0. The minimum absolute atomic E-state index is 0.127. The molecule has 1 N–H and O–H groups in total. The molecule has 0 atom stereocenters. The molecule has 4 fully saturated rings. The maximum Gasteiger partial charge on any atom is 0.311 e. The third kappa shape index (κ3) is 2.62. The summed E-state index contributed by atoms with van der Waals surface area (Å²) in [6.07, 6.45) is 7.58. The van der Waals surface area contributed by atoms with Crippen molar-refractivity contribution in [3.05, 3.63) is 0 Å². The van der Waals surface area contributed by atoms with E-state index in [1.165, 1.54) is 32.1 Å². The van der Waals surface area contributed by atoms with Crippen LogP contribution in [-0.4, -0.2) is 23.3 Å². The first-order valence-corrected chi connectivity index (χ1v) is 8.74. The Kier molecular flexibility index (Phi) is 3.84. The lowest BCUT2D eigenvalue weighted by atomic mass is 9.49. The molecule has 4 saturated carbocycles. The van der Waals surface area contributed by atoms with E-state index in [-0.39, 0.29) is 5.97 Å². The van der Waals surface area contributed by atoms with Gasteiger partial charge in [-0.3, -0.25) is 4.79 Å². The topological polar surface area (TPSA) is 46.5 Å². The molecule has 0 aromatic carbocycles. The second kappa shape index (κ2) is 5.26. The van der Waals surface area contributed by atoms with Crippen molar-refractivity contribution in [2.45, 2.75) is 71.3 Å². The van der Waals surface area contributed by atoms with E-state index in [2.05, 4.69) is 0 Å². The highest BCUT2D eigenvalue weighted by molar-refractivity contribution is 5.75. The van der Waals surface area contributed by atoms with Gasteiger partial charge >= 0.3 is 5.97 Å². The number of carbonyl (C=O) groups excluding carboxylic acids is 1. The van der Waals surface area contributed by atoms with E-state index >= 15 is 0 Å². The second-order valence-corrected chi connectivity index (χ2v) is 8.42. The molecule has 4 rings (SSSR count).